The van der Waals surface area contributed by atoms with Gasteiger partial charge in [-0.15, -0.1) is 0 Å². The Hall–Kier alpha value is -2.24. The predicted molar refractivity (Wildman–Crippen MR) is 82.2 cm³/mol. The van der Waals surface area contributed by atoms with Gasteiger partial charge in [0, 0.05) is 25.5 Å². The second kappa shape index (κ2) is 6.47. The van der Waals surface area contributed by atoms with Gasteiger partial charge in [0.05, 0.1) is 12.3 Å². The first-order valence-corrected chi connectivity index (χ1v) is 7.42. The number of aromatic nitrogens is 3. The average Bonchev–Trinajstić information content (AvgIpc) is 3.18. The van der Waals surface area contributed by atoms with E-state index in [9.17, 15) is 0 Å². The Kier molecular flexibility index (Phi) is 4.23. The van der Waals surface area contributed by atoms with E-state index in [1.807, 2.05) is 29.1 Å². The Morgan fingerprint density at radius 2 is 2.29 bits per heavy atom. The summed E-state index contributed by atoms with van der Waals surface area (Å²) in [6, 6.07) is 5.65. The van der Waals surface area contributed by atoms with Gasteiger partial charge in [-0.2, -0.15) is 10.1 Å². The summed E-state index contributed by atoms with van der Waals surface area (Å²) in [5, 5.41) is 7.46. The second-order valence-corrected chi connectivity index (χ2v) is 5.39. The van der Waals surface area contributed by atoms with Gasteiger partial charge >= 0.3 is 0 Å². The summed E-state index contributed by atoms with van der Waals surface area (Å²) >= 11 is 0. The van der Waals surface area contributed by atoms with Gasteiger partial charge < -0.3 is 15.8 Å². The lowest BCUT2D eigenvalue weighted by Crippen LogP contribution is -2.09. The summed E-state index contributed by atoms with van der Waals surface area (Å²) in [5.41, 5.74) is 6.48. The number of nitrogens with one attached hydrogen (secondary N) is 1. The second-order valence-electron chi connectivity index (χ2n) is 5.39. The summed E-state index contributed by atoms with van der Waals surface area (Å²) in [4.78, 5) is 4.43. The zero-order valence-electron chi connectivity index (χ0n) is 12.0. The molecule has 0 atom stereocenters. The molecule has 1 aliphatic rings. The predicted octanol–water partition coefficient (Wildman–Crippen LogP) is 2.15. The SMILES string of the molecule is Nc1ccc(NCCCn2cccn2)nc1OCC1CC1. The summed E-state index contributed by atoms with van der Waals surface area (Å²) in [5.74, 6) is 2.03. The van der Waals surface area contributed by atoms with Crippen molar-refractivity contribution in [2.45, 2.75) is 25.8 Å². The van der Waals surface area contributed by atoms with Gasteiger partial charge in [0.15, 0.2) is 0 Å². The van der Waals surface area contributed by atoms with Crippen LogP contribution in [0.25, 0.3) is 0 Å². The van der Waals surface area contributed by atoms with Crippen LogP contribution in [-0.4, -0.2) is 27.9 Å². The van der Waals surface area contributed by atoms with E-state index in [-0.39, 0.29) is 0 Å². The van der Waals surface area contributed by atoms with E-state index in [2.05, 4.69) is 15.4 Å². The minimum atomic E-state index is 0.541. The number of nitrogens with zero attached hydrogens (tertiary/aromatic N) is 3. The van der Waals surface area contributed by atoms with Crippen molar-refractivity contribution in [3.63, 3.8) is 0 Å². The first-order chi connectivity index (χ1) is 10.3. The molecule has 0 saturated heterocycles. The van der Waals surface area contributed by atoms with E-state index in [1.54, 1.807) is 6.20 Å². The van der Waals surface area contributed by atoms with Gasteiger partial charge in [0.25, 0.3) is 0 Å². The van der Waals surface area contributed by atoms with Crippen molar-refractivity contribution >= 4 is 11.5 Å². The monoisotopic (exact) mass is 287 g/mol. The third-order valence-electron chi connectivity index (χ3n) is 3.47. The lowest BCUT2D eigenvalue weighted by Gasteiger charge is -2.10. The quantitative estimate of drug-likeness (QED) is 0.727. The number of ether oxygens (including phenoxy) is 1. The maximum atomic E-state index is 5.89. The van der Waals surface area contributed by atoms with Crippen molar-refractivity contribution in [2.75, 3.05) is 24.2 Å². The zero-order valence-corrected chi connectivity index (χ0v) is 12.0. The van der Waals surface area contributed by atoms with Crippen LogP contribution in [0.5, 0.6) is 5.88 Å². The van der Waals surface area contributed by atoms with Crippen LogP contribution in [0.1, 0.15) is 19.3 Å². The molecule has 1 fully saturated rings. The maximum absolute atomic E-state index is 5.89. The fourth-order valence-corrected chi connectivity index (χ4v) is 2.04. The Labute approximate surface area is 124 Å². The summed E-state index contributed by atoms with van der Waals surface area (Å²) in [6.45, 7) is 2.44. The van der Waals surface area contributed by atoms with Crippen molar-refractivity contribution < 1.29 is 4.74 Å². The third kappa shape index (κ3) is 4.11. The molecule has 112 valence electrons. The molecule has 0 aliphatic heterocycles. The van der Waals surface area contributed by atoms with Crippen molar-refractivity contribution in [1.29, 1.82) is 0 Å². The highest BCUT2D eigenvalue weighted by molar-refractivity contribution is 5.53. The van der Waals surface area contributed by atoms with Crippen LogP contribution in [0.2, 0.25) is 0 Å². The normalized spacial score (nSPS) is 14.1. The van der Waals surface area contributed by atoms with E-state index in [1.165, 1.54) is 12.8 Å². The molecule has 0 spiro atoms. The van der Waals surface area contributed by atoms with Crippen LogP contribution in [0, 0.1) is 5.92 Å². The van der Waals surface area contributed by atoms with Crippen molar-refractivity contribution in [2.24, 2.45) is 5.92 Å². The standard InChI is InChI=1S/C15H21N5O/c16-13-5-6-14(19-15(13)21-11-12-3-4-12)17-7-1-9-20-10-2-8-18-20/h2,5-6,8,10,12H,1,3-4,7,9,11,16H2,(H,17,19). The largest absolute Gasteiger partial charge is 0.476 e. The van der Waals surface area contributed by atoms with Crippen LogP contribution < -0.4 is 15.8 Å². The highest BCUT2D eigenvalue weighted by atomic mass is 16.5. The molecule has 1 saturated carbocycles. The van der Waals surface area contributed by atoms with Gasteiger partial charge in [-0.3, -0.25) is 4.68 Å². The number of rotatable bonds is 8. The smallest absolute Gasteiger partial charge is 0.239 e. The molecule has 21 heavy (non-hydrogen) atoms. The van der Waals surface area contributed by atoms with Crippen LogP contribution in [0.15, 0.2) is 30.6 Å². The fraction of sp³-hybridized carbons (Fsp3) is 0.467. The molecule has 0 unspecified atom stereocenters. The zero-order chi connectivity index (χ0) is 14.5. The molecule has 2 heterocycles. The molecule has 0 amide bonds. The highest BCUT2D eigenvalue weighted by Crippen LogP contribution is 2.30. The summed E-state index contributed by atoms with van der Waals surface area (Å²) < 4.78 is 7.60. The Morgan fingerprint density at radius 3 is 3.05 bits per heavy atom. The van der Waals surface area contributed by atoms with Crippen molar-refractivity contribution in [1.82, 2.24) is 14.8 Å². The van der Waals surface area contributed by atoms with E-state index in [0.717, 1.165) is 31.9 Å². The Morgan fingerprint density at radius 1 is 1.38 bits per heavy atom. The number of nitrogens with two attached hydrogens (primary N) is 1. The molecule has 0 bridgehead atoms. The van der Waals surface area contributed by atoms with Gasteiger partial charge in [0.2, 0.25) is 5.88 Å². The number of pyridine rings is 1. The average molecular weight is 287 g/mol. The van der Waals surface area contributed by atoms with Crippen LogP contribution in [0.4, 0.5) is 11.5 Å². The van der Waals surface area contributed by atoms with Crippen molar-refractivity contribution in [3.8, 4) is 5.88 Å². The number of aryl methyl sites for hydroxylation is 1. The van der Waals surface area contributed by atoms with Crippen molar-refractivity contribution in [3.05, 3.63) is 30.6 Å². The topological polar surface area (TPSA) is 78.0 Å². The van der Waals surface area contributed by atoms with E-state index in [0.29, 0.717) is 17.5 Å². The highest BCUT2D eigenvalue weighted by Gasteiger charge is 2.22. The third-order valence-corrected chi connectivity index (χ3v) is 3.47. The fourth-order valence-electron chi connectivity index (χ4n) is 2.04. The Balaban J connectivity index is 1.46. The van der Waals surface area contributed by atoms with Crippen LogP contribution in [0.3, 0.4) is 0 Å². The molecular weight excluding hydrogens is 266 g/mol. The lowest BCUT2D eigenvalue weighted by atomic mass is 10.3. The lowest BCUT2D eigenvalue weighted by molar-refractivity contribution is 0.290. The van der Waals surface area contributed by atoms with E-state index >= 15 is 0 Å². The minimum absolute atomic E-state index is 0.541. The summed E-state index contributed by atoms with van der Waals surface area (Å²) in [7, 11) is 0. The van der Waals surface area contributed by atoms with Gasteiger partial charge in [-0.25, -0.2) is 0 Å². The van der Waals surface area contributed by atoms with Gasteiger partial charge in [-0.05, 0) is 43.4 Å². The first kappa shape index (κ1) is 13.7. The van der Waals surface area contributed by atoms with Gasteiger partial charge in [0.1, 0.15) is 5.82 Å². The number of nitrogen functional groups attached to an aromatic ring is 1. The number of hydrogen-bond acceptors (Lipinski definition) is 5. The number of anilines is 2. The molecule has 0 radical (unpaired) electrons. The van der Waals surface area contributed by atoms with E-state index < -0.39 is 0 Å². The molecular formula is C15H21N5O. The molecule has 2 aromatic rings. The molecule has 1 aliphatic carbocycles. The molecule has 6 nitrogen and oxygen atoms in total. The van der Waals surface area contributed by atoms with Crippen LogP contribution >= 0.6 is 0 Å². The van der Waals surface area contributed by atoms with Gasteiger partial charge in [-0.1, -0.05) is 0 Å². The molecule has 6 heteroatoms. The summed E-state index contributed by atoms with van der Waals surface area (Å²) in [6.07, 6.45) is 7.24. The molecule has 0 aromatic carbocycles. The van der Waals surface area contributed by atoms with Crippen LogP contribution in [-0.2, 0) is 6.54 Å². The molecule has 3 N–H and O–H groups in total. The Bertz CT molecular complexity index is 565. The molecule has 3 rings (SSSR count). The number of hydrogen-bond donors (Lipinski definition) is 2. The first-order valence-electron chi connectivity index (χ1n) is 7.42. The maximum Gasteiger partial charge on any atom is 0.239 e. The minimum Gasteiger partial charge on any atom is -0.476 e. The molecule has 2 aromatic heterocycles. The van der Waals surface area contributed by atoms with E-state index in [4.69, 9.17) is 10.5 Å².